The van der Waals surface area contributed by atoms with Crippen LogP contribution in [0.5, 0.6) is 0 Å². The van der Waals surface area contributed by atoms with E-state index in [4.69, 9.17) is 0 Å². The van der Waals surface area contributed by atoms with Gasteiger partial charge in [0, 0.05) is 18.7 Å². The summed E-state index contributed by atoms with van der Waals surface area (Å²) in [5.41, 5.74) is 1.10. The number of amides is 1. The maximum absolute atomic E-state index is 11.3. The fourth-order valence-electron chi connectivity index (χ4n) is 1.17. The Kier molecular flexibility index (Phi) is 4.16. The largest absolute Gasteiger partial charge is 0.357 e. The Bertz CT molecular complexity index is 309. The summed E-state index contributed by atoms with van der Waals surface area (Å²) < 4.78 is 0. The highest BCUT2D eigenvalue weighted by atomic mass is 16.1. The van der Waals surface area contributed by atoms with Crippen molar-refractivity contribution >= 4 is 11.6 Å². The van der Waals surface area contributed by atoms with Gasteiger partial charge in [-0.15, -0.1) is 0 Å². The molecule has 0 fully saturated rings. The molecule has 1 amide bonds. The average Bonchev–Trinajstić information content (AvgIpc) is 2.26. The predicted octanol–water partition coefficient (Wildman–Crippen LogP) is 1.85. The number of rotatable bonds is 4. The molecule has 0 spiro atoms. The molecule has 1 N–H and O–H groups in total. The van der Waals surface area contributed by atoms with Crippen LogP contribution in [0.4, 0.5) is 5.69 Å². The number of nitrogens with zero attached hydrogens (tertiary/aromatic N) is 1. The monoisotopic (exact) mass is 206 g/mol. The van der Waals surface area contributed by atoms with Gasteiger partial charge in [0.15, 0.2) is 0 Å². The van der Waals surface area contributed by atoms with Gasteiger partial charge in [0.1, 0.15) is 0 Å². The van der Waals surface area contributed by atoms with E-state index in [1.54, 1.807) is 0 Å². The molecule has 0 heterocycles. The summed E-state index contributed by atoms with van der Waals surface area (Å²) in [6.07, 6.45) is 0. The molecule has 0 aromatic heterocycles. The van der Waals surface area contributed by atoms with E-state index >= 15 is 0 Å². The van der Waals surface area contributed by atoms with E-state index in [2.05, 4.69) is 5.32 Å². The number of anilines is 1. The van der Waals surface area contributed by atoms with Crippen molar-refractivity contribution in [1.82, 2.24) is 5.32 Å². The first-order valence-electron chi connectivity index (χ1n) is 5.15. The number of benzene rings is 1. The quantitative estimate of drug-likeness (QED) is 0.762. The van der Waals surface area contributed by atoms with E-state index in [1.807, 2.05) is 56.1 Å². The minimum atomic E-state index is 0.0363. The van der Waals surface area contributed by atoms with Crippen molar-refractivity contribution in [2.24, 2.45) is 5.92 Å². The van der Waals surface area contributed by atoms with E-state index in [9.17, 15) is 4.79 Å². The Hall–Kier alpha value is -1.51. The van der Waals surface area contributed by atoms with Crippen LogP contribution in [-0.4, -0.2) is 19.6 Å². The van der Waals surface area contributed by atoms with Crippen molar-refractivity contribution in [3.8, 4) is 0 Å². The minimum Gasteiger partial charge on any atom is -0.357 e. The van der Waals surface area contributed by atoms with Crippen LogP contribution >= 0.6 is 0 Å². The first kappa shape index (κ1) is 11.6. The maximum atomic E-state index is 11.3. The first-order chi connectivity index (χ1) is 7.11. The Morgan fingerprint density at radius 1 is 1.33 bits per heavy atom. The predicted molar refractivity (Wildman–Crippen MR) is 62.7 cm³/mol. The lowest BCUT2D eigenvalue weighted by Crippen LogP contribution is -2.37. The van der Waals surface area contributed by atoms with Crippen LogP contribution in [0.1, 0.15) is 13.8 Å². The Labute approximate surface area is 91.1 Å². The molecule has 0 aliphatic heterocycles. The fourth-order valence-corrected chi connectivity index (χ4v) is 1.17. The van der Waals surface area contributed by atoms with Crippen LogP contribution in [-0.2, 0) is 4.79 Å². The number of carbonyl (C=O) groups excluding carboxylic acids is 1. The van der Waals surface area contributed by atoms with Crippen LogP contribution in [0.2, 0.25) is 0 Å². The van der Waals surface area contributed by atoms with Crippen molar-refractivity contribution in [3.05, 3.63) is 30.3 Å². The number of hydrogen-bond acceptors (Lipinski definition) is 2. The molecular formula is C12H18N2O. The summed E-state index contributed by atoms with van der Waals surface area (Å²) in [4.78, 5) is 13.3. The van der Waals surface area contributed by atoms with E-state index in [0.29, 0.717) is 6.67 Å². The summed E-state index contributed by atoms with van der Waals surface area (Å²) >= 11 is 0. The molecular weight excluding hydrogens is 188 g/mol. The van der Waals surface area contributed by atoms with Gasteiger partial charge in [-0.3, -0.25) is 4.79 Å². The standard InChI is InChI=1S/C12H18N2O/c1-10(2)12(15)13-9-14(3)11-7-5-4-6-8-11/h4-8,10H,9H2,1-3H3,(H,13,15). The molecule has 0 saturated heterocycles. The van der Waals surface area contributed by atoms with Crippen LogP contribution < -0.4 is 10.2 Å². The third kappa shape index (κ3) is 3.62. The van der Waals surface area contributed by atoms with Crippen LogP contribution in [0.25, 0.3) is 0 Å². The molecule has 0 aliphatic carbocycles. The molecule has 0 bridgehead atoms. The second kappa shape index (κ2) is 5.39. The van der Waals surface area contributed by atoms with Crippen molar-refractivity contribution in [3.63, 3.8) is 0 Å². The van der Waals surface area contributed by atoms with Gasteiger partial charge in [-0.25, -0.2) is 0 Å². The second-order valence-corrected chi connectivity index (χ2v) is 3.89. The lowest BCUT2D eigenvalue weighted by atomic mass is 10.2. The highest BCUT2D eigenvalue weighted by molar-refractivity contribution is 5.78. The normalized spacial score (nSPS) is 10.1. The minimum absolute atomic E-state index is 0.0363. The molecule has 0 saturated carbocycles. The summed E-state index contributed by atoms with van der Waals surface area (Å²) in [5.74, 6) is 0.118. The smallest absolute Gasteiger partial charge is 0.223 e. The van der Waals surface area contributed by atoms with Gasteiger partial charge in [-0.1, -0.05) is 32.0 Å². The van der Waals surface area contributed by atoms with Crippen molar-refractivity contribution in [1.29, 1.82) is 0 Å². The zero-order valence-corrected chi connectivity index (χ0v) is 9.53. The van der Waals surface area contributed by atoms with E-state index in [-0.39, 0.29) is 11.8 Å². The Balaban J connectivity index is 2.44. The SMILES string of the molecule is CC(C)C(=O)NCN(C)c1ccccc1. The first-order valence-corrected chi connectivity index (χ1v) is 5.15. The van der Waals surface area contributed by atoms with Gasteiger partial charge >= 0.3 is 0 Å². The third-order valence-electron chi connectivity index (χ3n) is 2.21. The fraction of sp³-hybridized carbons (Fsp3) is 0.417. The van der Waals surface area contributed by atoms with Gasteiger partial charge in [0.25, 0.3) is 0 Å². The molecule has 3 heteroatoms. The summed E-state index contributed by atoms with van der Waals surface area (Å²) in [6, 6.07) is 9.97. The van der Waals surface area contributed by atoms with Gasteiger partial charge in [0.2, 0.25) is 5.91 Å². The maximum Gasteiger partial charge on any atom is 0.223 e. The number of nitrogens with one attached hydrogen (secondary N) is 1. The van der Waals surface area contributed by atoms with Crippen molar-refractivity contribution in [2.75, 3.05) is 18.6 Å². The van der Waals surface area contributed by atoms with Gasteiger partial charge in [-0.2, -0.15) is 0 Å². The molecule has 0 atom stereocenters. The summed E-state index contributed by atoms with van der Waals surface area (Å²) in [7, 11) is 1.95. The lowest BCUT2D eigenvalue weighted by Gasteiger charge is -2.20. The molecule has 82 valence electrons. The summed E-state index contributed by atoms with van der Waals surface area (Å²) in [6.45, 7) is 4.32. The molecule has 1 rings (SSSR count). The highest BCUT2D eigenvalue weighted by Gasteiger charge is 2.06. The van der Waals surface area contributed by atoms with Crippen LogP contribution in [0.15, 0.2) is 30.3 Å². The van der Waals surface area contributed by atoms with Crippen LogP contribution in [0.3, 0.4) is 0 Å². The third-order valence-corrected chi connectivity index (χ3v) is 2.21. The molecule has 15 heavy (non-hydrogen) atoms. The van der Waals surface area contributed by atoms with E-state index in [0.717, 1.165) is 5.69 Å². The lowest BCUT2D eigenvalue weighted by molar-refractivity contribution is -0.123. The van der Waals surface area contributed by atoms with Gasteiger partial charge < -0.3 is 10.2 Å². The van der Waals surface area contributed by atoms with E-state index in [1.165, 1.54) is 0 Å². The number of carbonyl (C=O) groups is 1. The number of hydrogen-bond donors (Lipinski definition) is 1. The zero-order valence-electron chi connectivity index (χ0n) is 9.53. The van der Waals surface area contributed by atoms with Crippen molar-refractivity contribution < 1.29 is 4.79 Å². The average molecular weight is 206 g/mol. The molecule has 3 nitrogen and oxygen atoms in total. The molecule has 0 unspecified atom stereocenters. The van der Waals surface area contributed by atoms with E-state index < -0.39 is 0 Å². The second-order valence-electron chi connectivity index (χ2n) is 3.89. The van der Waals surface area contributed by atoms with Crippen molar-refractivity contribution in [2.45, 2.75) is 13.8 Å². The van der Waals surface area contributed by atoms with Crippen LogP contribution in [0, 0.1) is 5.92 Å². The van der Waals surface area contributed by atoms with Gasteiger partial charge in [0.05, 0.1) is 6.67 Å². The molecule has 1 aromatic carbocycles. The van der Waals surface area contributed by atoms with Gasteiger partial charge in [-0.05, 0) is 12.1 Å². The highest BCUT2D eigenvalue weighted by Crippen LogP contribution is 2.09. The topological polar surface area (TPSA) is 32.3 Å². The number of para-hydroxylation sites is 1. The molecule has 0 radical (unpaired) electrons. The molecule has 0 aliphatic rings. The zero-order chi connectivity index (χ0) is 11.3. The molecule has 1 aromatic rings. The Morgan fingerprint density at radius 3 is 2.47 bits per heavy atom. The Morgan fingerprint density at radius 2 is 1.93 bits per heavy atom. The summed E-state index contributed by atoms with van der Waals surface area (Å²) in [5, 5.41) is 2.87.